The molecule has 1 aliphatic heterocycles. The van der Waals surface area contributed by atoms with Crippen LogP contribution < -0.4 is 10.5 Å². The lowest BCUT2D eigenvalue weighted by molar-refractivity contribution is 0.351. The molecule has 0 unspecified atom stereocenters. The summed E-state index contributed by atoms with van der Waals surface area (Å²) in [5.41, 5.74) is 8.94. The quantitative estimate of drug-likeness (QED) is 0.926. The summed E-state index contributed by atoms with van der Waals surface area (Å²) in [6, 6.07) is 3.89. The molecule has 2 heterocycles. The van der Waals surface area contributed by atoms with Crippen LogP contribution >= 0.6 is 11.6 Å². The number of fused-ring (bicyclic) bond motifs is 1. The number of nitrogen functional groups attached to an aromatic ring is 1. The molecule has 2 aromatic rings. The molecule has 0 aliphatic carbocycles. The second-order valence-electron chi connectivity index (χ2n) is 6.38. The molecular weight excluding hydrogens is 288 g/mol. The summed E-state index contributed by atoms with van der Waals surface area (Å²) < 4.78 is 7.57. The number of benzene rings is 1. The summed E-state index contributed by atoms with van der Waals surface area (Å²) in [5, 5.41) is 8.91. The third-order valence-corrected chi connectivity index (χ3v) is 3.84. The number of anilines is 1. The van der Waals surface area contributed by atoms with Crippen LogP contribution in [0.15, 0.2) is 12.1 Å². The van der Waals surface area contributed by atoms with Crippen LogP contribution in [0, 0.1) is 0 Å². The summed E-state index contributed by atoms with van der Waals surface area (Å²) in [4.78, 5) is 0. The summed E-state index contributed by atoms with van der Waals surface area (Å²) in [6.45, 7) is 7.54. The predicted molar refractivity (Wildman–Crippen MR) is 82.9 cm³/mol. The Bertz CT molecular complexity index is 688. The Morgan fingerprint density at radius 3 is 2.86 bits per heavy atom. The molecule has 0 amide bonds. The molecule has 0 saturated heterocycles. The molecule has 6 heteroatoms. The van der Waals surface area contributed by atoms with Gasteiger partial charge in [0.2, 0.25) is 0 Å². The highest BCUT2D eigenvalue weighted by atomic mass is 35.5. The highest BCUT2D eigenvalue weighted by Crippen LogP contribution is 2.34. The SMILES string of the molecule is CC(C)(C)c1c(N)nnn1Cc1cc(Cl)cc2c1OCC2. The van der Waals surface area contributed by atoms with Gasteiger partial charge in [0.05, 0.1) is 18.8 Å². The van der Waals surface area contributed by atoms with Crippen LogP contribution in [0.5, 0.6) is 5.75 Å². The van der Waals surface area contributed by atoms with Gasteiger partial charge in [-0.05, 0) is 17.7 Å². The molecule has 2 N–H and O–H groups in total. The molecule has 0 spiro atoms. The van der Waals surface area contributed by atoms with Crippen molar-refractivity contribution in [2.24, 2.45) is 0 Å². The van der Waals surface area contributed by atoms with Gasteiger partial charge < -0.3 is 10.5 Å². The summed E-state index contributed by atoms with van der Waals surface area (Å²) in [7, 11) is 0. The number of aromatic nitrogens is 3. The van der Waals surface area contributed by atoms with Crippen LogP contribution in [0.2, 0.25) is 5.02 Å². The lowest BCUT2D eigenvalue weighted by Gasteiger charge is -2.20. The van der Waals surface area contributed by atoms with Gasteiger partial charge >= 0.3 is 0 Å². The minimum absolute atomic E-state index is 0.129. The topological polar surface area (TPSA) is 66.0 Å². The second kappa shape index (κ2) is 4.91. The van der Waals surface area contributed by atoms with E-state index in [-0.39, 0.29) is 5.41 Å². The van der Waals surface area contributed by atoms with E-state index < -0.39 is 0 Å². The zero-order valence-electron chi connectivity index (χ0n) is 12.5. The van der Waals surface area contributed by atoms with E-state index in [1.165, 1.54) is 0 Å². The summed E-state index contributed by atoms with van der Waals surface area (Å²) >= 11 is 6.20. The van der Waals surface area contributed by atoms with Crippen molar-refractivity contribution in [3.8, 4) is 5.75 Å². The highest BCUT2D eigenvalue weighted by molar-refractivity contribution is 6.30. The molecule has 1 aromatic carbocycles. The minimum atomic E-state index is -0.129. The van der Waals surface area contributed by atoms with Crippen molar-refractivity contribution >= 4 is 17.4 Å². The zero-order valence-corrected chi connectivity index (χ0v) is 13.2. The van der Waals surface area contributed by atoms with Gasteiger partial charge in [-0.25, -0.2) is 4.68 Å². The number of rotatable bonds is 2. The van der Waals surface area contributed by atoms with E-state index in [0.717, 1.165) is 34.0 Å². The Hall–Kier alpha value is -1.75. The first-order valence-electron chi connectivity index (χ1n) is 7.00. The van der Waals surface area contributed by atoms with Crippen LogP contribution in [0.1, 0.15) is 37.6 Å². The summed E-state index contributed by atoms with van der Waals surface area (Å²) in [5.74, 6) is 1.40. The van der Waals surface area contributed by atoms with Crippen LogP contribution in [0.4, 0.5) is 5.82 Å². The number of halogens is 1. The second-order valence-corrected chi connectivity index (χ2v) is 6.82. The lowest BCUT2D eigenvalue weighted by atomic mass is 9.91. The van der Waals surface area contributed by atoms with Gasteiger partial charge in [0.15, 0.2) is 5.82 Å². The Balaban J connectivity index is 2.03. The van der Waals surface area contributed by atoms with E-state index in [2.05, 4.69) is 31.1 Å². The van der Waals surface area contributed by atoms with Crippen molar-refractivity contribution in [2.45, 2.75) is 39.2 Å². The largest absolute Gasteiger partial charge is 0.493 e. The smallest absolute Gasteiger partial charge is 0.169 e. The summed E-state index contributed by atoms with van der Waals surface area (Å²) in [6.07, 6.45) is 0.897. The maximum absolute atomic E-state index is 6.20. The number of nitrogens with two attached hydrogens (primary N) is 1. The zero-order chi connectivity index (χ0) is 15.2. The maximum atomic E-state index is 6.20. The average molecular weight is 307 g/mol. The fraction of sp³-hybridized carbons (Fsp3) is 0.467. The molecule has 112 valence electrons. The van der Waals surface area contributed by atoms with Crippen molar-refractivity contribution in [3.05, 3.63) is 34.0 Å². The van der Waals surface area contributed by atoms with Gasteiger partial charge in [-0.15, -0.1) is 5.10 Å². The van der Waals surface area contributed by atoms with E-state index >= 15 is 0 Å². The standard InChI is InChI=1S/C15H19ClN4O/c1-15(2,3)13-14(17)18-19-20(13)8-10-7-11(16)6-9-4-5-21-12(9)10/h6-7H,4-5,8,17H2,1-3H3. The van der Waals surface area contributed by atoms with E-state index in [1.54, 1.807) is 0 Å². The molecule has 0 bridgehead atoms. The molecular formula is C15H19ClN4O. The molecule has 0 saturated carbocycles. The fourth-order valence-electron chi connectivity index (χ4n) is 2.83. The normalized spacial score (nSPS) is 14.1. The van der Waals surface area contributed by atoms with Gasteiger partial charge in [0, 0.05) is 22.4 Å². The third-order valence-electron chi connectivity index (χ3n) is 3.62. The predicted octanol–water partition coefficient (Wildman–Crippen LogP) is 2.79. The van der Waals surface area contributed by atoms with Crippen molar-refractivity contribution in [1.29, 1.82) is 0 Å². The molecule has 5 nitrogen and oxygen atoms in total. The van der Waals surface area contributed by atoms with Gasteiger partial charge in [-0.3, -0.25) is 0 Å². The van der Waals surface area contributed by atoms with Crippen molar-refractivity contribution in [2.75, 3.05) is 12.3 Å². The first kappa shape index (κ1) is 14.2. The Kier molecular flexibility index (Phi) is 3.32. The Labute approximate surface area is 129 Å². The molecule has 0 atom stereocenters. The van der Waals surface area contributed by atoms with E-state index in [9.17, 15) is 0 Å². The average Bonchev–Trinajstić information content (AvgIpc) is 2.94. The number of hydrogen-bond donors (Lipinski definition) is 1. The first-order valence-corrected chi connectivity index (χ1v) is 7.37. The minimum Gasteiger partial charge on any atom is -0.493 e. The van der Waals surface area contributed by atoms with Crippen LogP contribution in [-0.2, 0) is 18.4 Å². The monoisotopic (exact) mass is 306 g/mol. The van der Waals surface area contributed by atoms with Crippen LogP contribution in [-0.4, -0.2) is 21.6 Å². The van der Waals surface area contributed by atoms with Gasteiger partial charge in [-0.1, -0.05) is 37.6 Å². The Morgan fingerprint density at radius 1 is 1.38 bits per heavy atom. The molecule has 3 rings (SSSR count). The molecule has 1 aromatic heterocycles. The van der Waals surface area contributed by atoms with Crippen LogP contribution in [0.25, 0.3) is 0 Å². The van der Waals surface area contributed by atoms with E-state index in [1.807, 2.05) is 16.8 Å². The van der Waals surface area contributed by atoms with Crippen molar-refractivity contribution < 1.29 is 4.74 Å². The van der Waals surface area contributed by atoms with Gasteiger partial charge in [0.1, 0.15) is 5.75 Å². The van der Waals surface area contributed by atoms with E-state index in [4.69, 9.17) is 22.1 Å². The number of hydrogen-bond acceptors (Lipinski definition) is 4. The maximum Gasteiger partial charge on any atom is 0.169 e. The Morgan fingerprint density at radius 2 is 2.14 bits per heavy atom. The number of nitrogens with zero attached hydrogens (tertiary/aromatic N) is 3. The number of ether oxygens (including phenoxy) is 1. The van der Waals surface area contributed by atoms with Crippen molar-refractivity contribution in [3.63, 3.8) is 0 Å². The third kappa shape index (κ3) is 2.58. The molecule has 0 radical (unpaired) electrons. The van der Waals surface area contributed by atoms with Gasteiger partial charge in [0.25, 0.3) is 0 Å². The molecule has 21 heavy (non-hydrogen) atoms. The van der Waals surface area contributed by atoms with E-state index in [0.29, 0.717) is 19.0 Å². The highest BCUT2D eigenvalue weighted by Gasteiger charge is 2.25. The molecule has 0 fully saturated rings. The van der Waals surface area contributed by atoms with Gasteiger partial charge in [-0.2, -0.15) is 0 Å². The first-order chi connectivity index (χ1) is 9.86. The van der Waals surface area contributed by atoms with Crippen LogP contribution in [0.3, 0.4) is 0 Å². The lowest BCUT2D eigenvalue weighted by Crippen LogP contribution is -2.20. The van der Waals surface area contributed by atoms with Crippen molar-refractivity contribution in [1.82, 2.24) is 15.0 Å². The fourth-order valence-corrected chi connectivity index (χ4v) is 3.10. The molecule has 1 aliphatic rings.